The van der Waals surface area contributed by atoms with Crippen molar-refractivity contribution in [1.29, 1.82) is 0 Å². The number of hydrogen-bond acceptors (Lipinski definition) is 6. The largest absolute Gasteiger partial charge is 0.420 e. The molecule has 3 atom stereocenters. The molecule has 1 unspecified atom stereocenters. The van der Waals surface area contributed by atoms with Crippen molar-refractivity contribution >= 4 is 16.9 Å². The maximum Gasteiger partial charge on any atom is 0.420 e. The molecule has 2 saturated heterocycles. The molecule has 3 aliphatic rings. The van der Waals surface area contributed by atoms with Gasteiger partial charge in [0.25, 0.3) is 0 Å². The third-order valence-electron chi connectivity index (χ3n) is 8.15. The lowest BCUT2D eigenvalue weighted by molar-refractivity contribution is -0.137. The second-order valence-corrected chi connectivity index (χ2v) is 10.7. The zero-order chi connectivity index (χ0) is 24.9. The molecule has 36 heavy (non-hydrogen) atoms. The smallest absolute Gasteiger partial charge is 0.381 e. The van der Waals surface area contributed by atoms with Crippen molar-refractivity contribution in [2.75, 3.05) is 38.2 Å². The Hall–Kier alpha value is -2.72. The van der Waals surface area contributed by atoms with Gasteiger partial charge in [0.2, 0.25) is 0 Å². The lowest BCUT2D eigenvalue weighted by Crippen LogP contribution is -2.32. The molecule has 1 saturated carbocycles. The fraction of sp³-hybridized carbons (Fsp3) is 0.577. The van der Waals surface area contributed by atoms with Crippen molar-refractivity contribution in [2.24, 2.45) is 24.8 Å². The Morgan fingerprint density at radius 2 is 1.81 bits per heavy atom. The summed E-state index contributed by atoms with van der Waals surface area (Å²) in [6.45, 7) is 4.90. The van der Waals surface area contributed by atoms with Crippen molar-refractivity contribution < 1.29 is 17.9 Å². The molecule has 0 bridgehead atoms. The van der Waals surface area contributed by atoms with Crippen molar-refractivity contribution in [3.63, 3.8) is 0 Å². The van der Waals surface area contributed by atoms with Gasteiger partial charge in [-0.15, -0.1) is 10.2 Å². The molecule has 0 amide bonds. The normalized spacial score (nSPS) is 25.5. The fourth-order valence-corrected chi connectivity index (χ4v) is 6.30. The summed E-state index contributed by atoms with van der Waals surface area (Å²) in [6, 6.07) is 6.42. The molecular formula is C26H31F3N6O. The number of likely N-dealkylation sites (tertiary alicyclic amines) is 1. The van der Waals surface area contributed by atoms with Gasteiger partial charge in [-0.25, -0.2) is 4.98 Å². The molecule has 7 nitrogen and oxygen atoms in total. The Bertz CT molecular complexity index is 1220. The van der Waals surface area contributed by atoms with Crippen molar-refractivity contribution in [1.82, 2.24) is 24.6 Å². The maximum absolute atomic E-state index is 14.0. The molecular weight excluding hydrogens is 469 g/mol. The van der Waals surface area contributed by atoms with E-state index in [1.54, 1.807) is 18.5 Å². The topological polar surface area (TPSA) is 68.1 Å². The Labute approximate surface area is 208 Å². The maximum atomic E-state index is 14.0. The Morgan fingerprint density at radius 1 is 1.06 bits per heavy atom. The molecule has 2 aromatic heterocycles. The molecule has 192 valence electrons. The minimum atomic E-state index is -4.53. The first-order chi connectivity index (χ1) is 17.3. The first-order valence-corrected chi connectivity index (χ1v) is 12.8. The number of nitrogens with one attached hydrogen (secondary N) is 1. The molecule has 1 N–H and O–H groups in total. The zero-order valence-corrected chi connectivity index (χ0v) is 20.3. The van der Waals surface area contributed by atoms with E-state index in [-0.39, 0.29) is 17.6 Å². The van der Waals surface area contributed by atoms with Gasteiger partial charge in [0.05, 0.1) is 23.1 Å². The molecule has 4 heterocycles. The van der Waals surface area contributed by atoms with Gasteiger partial charge >= 0.3 is 6.18 Å². The van der Waals surface area contributed by atoms with Crippen molar-refractivity contribution in [3.8, 4) is 11.3 Å². The van der Waals surface area contributed by atoms with E-state index in [1.807, 2.05) is 17.7 Å². The highest BCUT2D eigenvalue weighted by atomic mass is 19.4. The van der Waals surface area contributed by atoms with E-state index in [4.69, 9.17) is 4.74 Å². The van der Waals surface area contributed by atoms with Crippen LogP contribution in [0.25, 0.3) is 22.3 Å². The number of anilines is 1. The lowest BCUT2D eigenvalue weighted by atomic mass is 10.00. The quantitative estimate of drug-likeness (QED) is 0.553. The standard InChI is InChI=1S/C26H31F3N6O/c1-34-15-30-23-10-17(2-3-24(23)34)22-11-21(26(27,28)29)25(33-32-22)31-20-8-18-13-35(14-19(18)9-20)12-16-4-6-36-7-5-16/h2-3,10-11,15-16,18-20H,4-9,12-14H2,1H3,(H,31,33)/t18-,19+,20?. The summed E-state index contributed by atoms with van der Waals surface area (Å²) in [5.41, 5.74) is 1.58. The van der Waals surface area contributed by atoms with Gasteiger partial charge in [-0.2, -0.15) is 13.2 Å². The highest BCUT2D eigenvalue weighted by Gasteiger charge is 2.43. The van der Waals surface area contributed by atoms with Gasteiger partial charge in [-0.3, -0.25) is 0 Å². The molecule has 0 radical (unpaired) electrons. The Kier molecular flexibility index (Phi) is 6.11. The predicted molar refractivity (Wildman–Crippen MR) is 130 cm³/mol. The van der Waals surface area contributed by atoms with E-state index in [2.05, 4.69) is 25.4 Å². The van der Waals surface area contributed by atoms with Crippen LogP contribution in [0.5, 0.6) is 0 Å². The van der Waals surface area contributed by atoms with E-state index in [1.165, 1.54) is 0 Å². The summed E-state index contributed by atoms with van der Waals surface area (Å²) in [4.78, 5) is 6.85. The summed E-state index contributed by atoms with van der Waals surface area (Å²) < 4.78 is 49.5. The third-order valence-corrected chi connectivity index (χ3v) is 8.15. The monoisotopic (exact) mass is 500 g/mol. The van der Waals surface area contributed by atoms with Gasteiger partial charge in [0.15, 0.2) is 5.82 Å². The number of hydrogen-bond donors (Lipinski definition) is 1. The number of nitrogens with zero attached hydrogens (tertiary/aromatic N) is 5. The first kappa shape index (κ1) is 23.7. The Balaban J connectivity index is 1.15. The molecule has 6 rings (SSSR count). The number of imidazole rings is 1. The third kappa shape index (κ3) is 4.68. The van der Waals surface area contributed by atoms with E-state index in [9.17, 15) is 13.2 Å². The van der Waals surface area contributed by atoms with E-state index >= 15 is 0 Å². The zero-order valence-electron chi connectivity index (χ0n) is 20.3. The average Bonchev–Trinajstić information content (AvgIpc) is 3.52. The average molecular weight is 501 g/mol. The lowest BCUT2D eigenvalue weighted by Gasteiger charge is -2.28. The van der Waals surface area contributed by atoms with Gasteiger partial charge < -0.3 is 19.5 Å². The molecule has 0 spiro atoms. The molecule has 10 heteroatoms. The van der Waals surface area contributed by atoms with Crippen LogP contribution in [0.1, 0.15) is 31.2 Å². The molecule has 1 aromatic carbocycles. The number of alkyl halides is 3. The summed E-state index contributed by atoms with van der Waals surface area (Å²) >= 11 is 0. The number of halogens is 3. The number of fused-ring (bicyclic) bond motifs is 2. The van der Waals surface area contributed by atoms with Crippen molar-refractivity contribution in [3.05, 3.63) is 36.2 Å². The van der Waals surface area contributed by atoms with Crippen LogP contribution in [0.4, 0.5) is 19.0 Å². The van der Waals surface area contributed by atoms with Crippen LogP contribution in [-0.2, 0) is 18.0 Å². The van der Waals surface area contributed by atoms with Gasteiger partial charge in [0, 0.05) is 51.5 Å². The summed E-state index contributed by atoms with van der Waals surface area (Å²) in [5.74, 6) is 1.57. The highest BCUT2D eigenvalue weighted by molar-refractivity contribution is 5.81. The highest BCUT2D eigenvalue weighted by Crippen LogP contribution is 2.42. The van der Waals surface area contributed by atoms with Gasteiger partial charge in [0.1, 0.15) is 5.56 Å². The van der Waals surface area contributed by atoms with Crippen LogP contribution < -0.4 is 5.32 Å². The second kappa shape index (κ2) is 9.30. The van der Waals surface area contributed by atoms with Crippen LogP contribution in [0.3, 0.4) is 0 Å². The number of aryl methyl sites for hydroxylation is 1. The molecule has 3 aromatic rings. The van der Waals surface area contributed by atoms with Crippen LogP contribution >= 0.6 is 0 Å². The van der Waals surface area contributed by atoms with E-state index in [0.29, 0.717) is 28.8 Å². The Morgan fingerprint density at radius 3 is 2.53 bits per heavy atom. The van der Waals surface area contributed by atoms with Gasteiger partial charge in [-0.05, 0) is 61.6 Å². The number of aromatic nitrogens is 4. The van der Waals surface area contributed by atoms with E-state index in [0.717, 1.165) is 70.1 Å². The van der Waals surface area contributed by atoms with Crippen LogP contribution in [0.2, 0.25) is 0 Å². The first-order valence-electron chi connectivity index (χ1n) is 12.8. The number of ether oxygens (including phenoxy) is 1. The van der Waals surface area contributed by atoms with Gasteiger partial charge in [-0.1, -0.05) is 6.07 Å². The summed E-state index contributed by atoms with van der Waals surface area (Å²) in [5, 5.41) is 11.3. The molecule has 2 aliphatic heterocycles. The van der Waals surface area contributed by atoms with E-state index < -0.39 is 11.7 Å². The van der Waals surface area contributed by atoms with Crippen LogP contribution in [0.15, 0.2) is 30.6 Å². The second-order valence-electron chi connectivity index (χ2n) is 10.7. The summed E-state index contributed by atoms with van der Waals surface area (Å²) in [6.07, 6.45) is 1.13. The SMILES string of the molecule is Cn1cnc2cc(-c3cc(C(F)(F)F)c(NC4C[C@@H]5CN(CC6CCOCC6)C[C@@H]5C4)nn3)ccc21. The fourth-order valence-electron chi connectivity index (χ4n) is 6.30. The minimum absolute atomic E-state index is 0.0173. The number of benzene rings is 1. The summed E-state index contributed by atoms with van der Waals surface area (Å²) in [7, 11) is 1.87. The molecule has 3 fully saturated rings. The van der Waals surface area contributed by atoms with Crippen LogP contribution in [0, 0.1) is 17.8 Å². The number of rotatable bonds is 5. The molecule has 1 aliphatic carbocycles. The predicted octanol–water partition coefficient (Wildman–Crippen LogP) is 4.60. The van der Waals surface area contributed by atoms with Crippen molar-refractivity contribution in [2.45, 2.75) is 37.9 Å². The van der Waals surface area contributed by atoms with Crippen LogP contribution in [-0.4, -0.2) is 63.5 Å². The minimum Gasteiger partial charge on any atom is -0.381 e.